The Hall–Kier alpha value is -1.06. The van der Waals surface area contributed by atoms with Gasteiger partial charge < -0.3 is 4.90 Å². The SMILES string of the molecule is CC(c1ccccc1F)N(C)c1cc(Br)ccc1CCl. The number of rotatable bonds is 4. The van der Waals surface area contributed by atoms with Crippen LogP contribution in [0.25, 0.3) is 0 Å². The Bertz CT molecular complexity index is 603. The number of anilines is 1. The van der Waals surface area contributed by atoms with E-state index in [9.17, 15) is 4.39 Å². The Morgan fingerprint density at radius 3 is 2.60 bits per heavy atom. The molecule has 0 saturated heterocycles. The van der Waals surface area contributed by atoms with Gasteiger partial charge in [0.2, 0.25) is 0 Å². The van der Waals surface area contributed by atoms with Crippen molar-refractivity contribution in [3.63, 3.8) is 0 Å². The predicted molar refractivity (Wildman–Crippen MR) is 86.9 cm³/mol. The smallest absolute Gasteiger partial charge is 0.128 e. The van der Waals surface area contributed by atoms with Crippen molar-refractivity contribution in [2.75, 3.05) is 11.9 Å². The van der Waals surface area contributed by atoms with E-state index in [2.05, 4.69) is 15.9 Å². The molecule has 2 aromatic carbocycles. The molecule has 1 nitrogen and oxygen atoms in total. The second kappa shape index (κ2) is 6.59. The van der Waals surface area contributed by atoms with Gasteiger partial charge in [0, 0.05) is 28.7 Å². The third-order valence-corrected chi connectivity index (χ3v) is 4.29. The normalized spacial score (nSPS) is 12.2. The molecular formula is C16H16BrClFN. The summed E-state index contributed by atoms with van der Waals surface area (Å²) in [4.78, 5) is 2.04. The van der Waals surface area contributed by atoms with Crippen LogP contribution in [-0.4, -0.2) is 7.05 Å². The summed E-state index contributed by atoms with van der Waals surface area (Å²) in [5, 5.41) is 0. The van der Waals surface area contributed by atoms with Gasteiger partial charge in [-0.25, -0.2) is 4.39 Å². The van der Waals surface area contributed by atoms with Gasteiger partial charge in [-0.05, 0) is 30.7 Å². The first-order valence-electron chi connectivity index (χ1n) is 6.36. The van der Waals surface area contributed by atoms with Crippen LogP contribution in [0.1, 0.15) is 24.1 Å². The number of hydrogen-bond donors (Lipinski definition) is 0. The van der Waals surface area contributed by atoms with E-state index < -0.39 is 0 Å². The monoisotopic (exact) mass is 355 g/mol. The highest BCUT2D eigenvalue weighted by Gasteiger charge is 2.18. The predicted octanol–water partition coefficient (Wildman–Crippen LogP) is 5.52. The second-order valence-corrected chi connectivity index (χ2v) is 5.90. The second-order valence-electron chi connectivity index (χ2n) is 4.72. The molecule has 0 bridgehead atoms. The Morgan fingerprint density at radius 2 is 1.95 bits per heavy atom. The Morgan fingerprint density at radius 1 is 1.25 bits per heavy atom. The zero-order chi connectivity index (χ0) is 14.7. The summed E-state index contributed by atoms with van der Waals surface area (Å²) in [7, 11) is 1.95. The molecule has 0 aliphatic carbocycles. The highest BCUT2D eigenvalue weighted by atomic mass is 79.9. The van der Waals surface area contributed by atoms with Crippen molar-refractivity contribution in [1.29, 1.82) is 0 Å². The third kappa shape index (κ3) is 3.15. The average molecular weight is 357 g/mol. The minimum absolute atomic E-state index is 0.0764. The number of benzene rings is 2. The molecule has 1 unspecified atom stereocenters. The van der Waals surface area contributed by atoms with Gasteiger partial charge in [0.15, 0.2) is 0 Å². The lowest BCUT2D eigenvalue weighted by molar-refractivity contribution is 0.585. The summed E-state index contributed by atoms with van der Waals surface area (Å²) in [5.74, 6) is 0.242. The van der Waals surface area contributed by atoms with E-state index in [4.69, 9.17) is 11.6 Å². The maximum Gasteiger partial charge on any atom is 0.128 e. The van der Waals surface area contributed by atoms with Gasteiger partial charge in [-0.2, -0.15) is 0 Å². The van der Waals surface area contributed by atoms with Crippen LogP contribution < -0.4 is 4.90 Å². The van der Waals surface area contributed by atoms with Crippen LogP contribution in [0.4, 0.5) is 10.1 Å². The molecular weight excluding hydrogens is 341 g/mol. The van der Waals surface area contributed by atoms with Crippen molar-refractivity contribution in [3.8, 4) is 0 Å². The molecule has 1 atom stereocenters. The molecule has 0 radical (unpaired) electrons. The minimum atomic E-state index is -0.186. The minimum Gasteiger partial charge on any atom is -0.367 e. The van der Waals surface area contributed by atoms with E-state index in [1.54, 1.807) is 6.07 Å². The number of halogens is 3. The molecule has 0 spiro atoms. The quantitative estimate of drug-likeness (QED) is 0.652. The molecule has 106 valence electrons. The van der Waals surface area contributed by atoms with E-state index >= 15 is 0 Å². The highest BCUT2D eigenvalue weighted by Crippen LogP contribution is 2.32. The van der Waals surface area contributed by atoms with E-state index in [0.717, 1.165) is 15.7 Å². The van der Waals surface area contributed by atoms with E-state index in [-0.39, 0.29) is 11.9 Å². The van der Waals surface area contributed by atoms with Crippen LogP contribution in [0.3, 0.4) is 0 Å². The van der Waals surface area contributed by atoms with Gasteiger partial charge in [0.1, 0.15) is 5.82 Å². The summed E-state index contributed by atoms with van der Waals surface area (Å²) >= 11 is 9.46. The standard InChI is InChI=1S/C16H16BrClFN/c1-11(14-5-3-4-6-15(14)19)20(2)16-9-13(17)8-7-12(16)10-18/h3-9,11H,10H2,1-2H3. The van der Waals surface area contributed by atoms with E-state index in [1.807, 2.05) is 49.2 Å². The lowest BCUT2D eigenvalue weighted by Gasteiger charge is -2.29. The van der Waals surface area contributed by atoms with Gasteiger partial charge >= 0.3 is 0 Å². The van der Waals surface area contributed by atoms with Crippen molar-refractivity contribution in [3.05, 3.63) is 63.9 Å². The van der Waals surface area contributed by atoms with Crippen molar-refractivity contribution < 1.29 is 4.39 Å². The van der Waals surface area contributed by atoms with E-state index in [0.29, 0.717) is 11.4 Å². The highest BCUT2D eigenvalue weighted by molar-refractivity contribution is 9.10. The zero-order valence-electron chi connectivity index (χ0n) is 11.4. The van der Waals surface area contributed by atoms with Crippen LogP contribution in [-0.2, 0) is 5.88 Å². The maximum absolute atomic E-state index is 13.9. The molecule has 0 fully saturated rings. The van der Waals surface area contributed by atoms with Crippen LogP contribution >= 0.6 is 27.5 Å². The lowest BCUT2D eigenvalue weighted by Crippen LogP contribution is -2.23. The molecule has 0 heterocycles. The number of hydrogen-bond acceptors (Lipinski definition) is 1. The van der Waals surface area contributed by atoms with E-state index in [1.165, 1.54) is 6.07 Å². The van der Waals surface area contributed by atoms with Gasteiger partial charge in [0.05, 0.1) is 6.04 Å². The van der Waals surface area contributed by atoms with Crippen LogP contribution in [0.5, 0.6) is 0 Å². The zero-order valence-corrected chi connectivity index (χ0v) is 13.7. The van der Waals surface area contributed by atoms with Gasteiger partial charge in [0.25, 0.3) is 0 Å². The lowest BCUT2D eigenvalue weighted by atomic mass is 10.0. The van der Waals surface area contributed by atoms with Gasteiger partial charge in [-0.1, -0.05) is 40.2 Å². The maximum atomic E-state index is 13.9. The fraction of sp³-hybridized carbons (Fsp3) is 0.250. The van der Waals surface area contributed by atoms with Crippen LogP contribution in [0.15, 0.2) is 46.9 Å². The van der Waals surface area contributed by atoms with Crippen molar-refractivity contribution in [2.24, 2.45) is 0 Å². The van der Waals surface area contributed by atoms with Crippen molar-refractivity contribution in [2.45, 2.75) is 18.8 Å². The number of alkyl halides is 1. The first-order valence-corrected chi connectivity index (χ1v) is 7.69. The summed E-state index contributed by atoms with van der Waals surface area (Å²) in [6.45, 7) is 1.98. The Balaban J connectivity index is 2.38. The Kier molecular flexibility index (Phi) is 5.06. The Labute approximate surface area is 132 Å². The number of nitrogens with zero attached hydrogens (tertiary/aromatic N) is 1. The largest absolute Gasteiger partial charge is 0.367 e. The molecule has 0 aromatic heterocycles. The van der Waals surface area contributed by atoms with Crippen LogP contribution in [0.2, 0.25) is 0 Å². The molecule has 0 saturated carbocycles. The van der Waals surface area contributed by atoms with Crippen LogP contribution in [0, 0.1) is 5.82 Å². The summed E-state index contributed by atoms with van der Waals surface area (Å²) < 4.78 is 14.9. The summed E-state index contributed by atoms with van der Waals surface area (Å²) in [5.41, 5.74) is 2.71. The first kappa shape index (κ1) is 15.3. The summed E-state index contributed by atoms with van der Waals surface area (Å²) in [6, 6.07) is 12.7. The fourth-order valence-electron chi connectivity index (χ4n) is 2.21. The van der Waals surface area contributed by atoms with Gasteiger partial charge in [-0.15, -0.1) is 11.6 Å². The van der Waals surface area contributed by atoms with Gasteiger partial charge in [-0.3, -0.25) is 0 Å². The average Bonchev–Trinajstić information content (AvgIpc) is 2.46. The molecule has 0 amide bonds. The molecule has 0 aliphatic rings. The molecule has 20 heavy (non-hydrogen) atoms. The topological polar surface area (TPSA) is 3.24 Å². The third-order valence-electron chi connectivity index (χ3n) is 3.51. The van der Waals surface area contributed by atoms with Crippen molar-refractivity contribution >= 4 is 33.2 Å². The molecule has 4 heteroatoms. The van der Waals surface area contributed by atoms with Crippen molar-refractivity contribution in [1.82, 2.24) is 0 Å². The molecule has 0 N–H and O–H groups in total. The summed E-state index contributed by atoms with van der Waals surface area (Å²) in [6.07, 6.45) is 0. The fourth-order valence-corrected chi connectivity index (χ4v) is 2.78. The molecule has 0 aliphatic heterocycles. The molecule has 2 rings (SSSR count). The first-order chi connectivity index (χ1) is 9.54. The molecule has 2 aromatic rings.